The molecule has 3 N–H and O–H groups in total. The van der Waals surface area contributed by atoms with Crippen LogP contribution in [0.15, 0.2) is 60.8 Å². The summed E-state index contributed by atoms with van der Waals surface area (Å²) in [5.74, 6) is 0. The topological polar surface area (TPSA) is 50.9 Å². The number of pyridine rings is 1. The molecule has 0 bridgehead atoms. The van der Waals surface area contributed by atoms with E-state index >= 15 is 0 Å². The van der Waals surface area contributed by atoms with Crippen LogP contribution < -0.4 is 11.1 Å². The van der Waals surface area contributed by atoms with Crippen molar-refractivity contribution in [3.05, 3.63) is 66.4 Å². The molecule has 100 valence electrons. The molecule has 3 heteroatoms. The molecule has 0 spiro atoms. The molecule has 3 rings (SSSR count). The van der Waals surface area contributed by atoms with E-state index in [2.05, 4.69) is 29.4 Å². The van der Waals surface area contributed by atoms with Crippen LogP contribution in [0.5, 0.6) is 0 Å². The standard InChI is InChI=1S/C17H17N3/c1-12(13-6-3-2-4-7-13)20-16-10-9-15(18)14-8-5-11-19-17(14)16/h2-12,20H,18H2,1H3. The van der Waals surface area contributed by atoms with Crippen LogP contribution in [-0.4, -0.2) is 4.98 Å². The van der Waals surface area contributed by atoms with Gasteiger partial charge in [0.15, 0.2) is 0 Å². The Morgan fingerprint density at radius 2 is 1.80 bits per heavy atom. The van der Waals surface area contributed by atoms with Crippen molar-refractivity contribution < 1.29 is 0 Å². The monoisotopic (exact) mass is 263 g/mol. The quantitative estimate of drug-likeness (QED) is 0.702. The van der Waals surface area contributed by atoms with Crippen molar-refractivity contribution in [3.63, 3.8) is 0 Å². The Balaban J connectivity index is 1.97. The maximum Gasteiger partial charge on any atom is 0.0954 e. The Hall–Kier alpha value is -2.55. The fraction of sp³-hybridized carbons (Fsp3) is 0.118. The first-order valence-corrected chi connectivity index (χ1v) is 6.70. The molecule has 0 aliphatic rings. The third-order valence-electron chi connectivity index (χ3n) is 3.47. The fourth-order valence-corrected chi connectivity index (χ4v) is 2.37. The summed E-state index contributed by atoms with van der Waals surface area (Å²) in [6.45, 7) is 2.14. The highest BCUT2D eigenvalue weighted by Gasteiger charge is 2.09. The Bertz CT molecular complexity index is 723. The van der Waals surface area contributed by atoms with E-state index in [1.165, 1.54) is 5.56 Å². The normalized spacial score (nSPS) is 12.2. The minimum atomic E-state index is 0.213. The van der Waals surface area contributed by atoms with E-state index < -0.39 is 0 Å². The number of nitrogens with two attached hydrogens (primary N) is 1. The van der Waals surface area contributed by atoms with Crippen molar-refractivity contribution in [1.82, 2.24) is 4.98 Å². The summed E-state index contributed by atoms with van der Waals surface area (Å²) < 4.78 is 0. The van der Waals surface area contributed by atoms with Crippen LogP contribution in [0.25, 0.3) is 10.9 Å². The number of benzene rings is 2. The van der Waals surface area contributed by atoms with Crippen molar-refractivity contribution in [3.8, 4) is 0 Å². The lowest BCUT2D eigenvalue weighted by atomic mass is 10.1. The number of nitrogen functional groups attached to an aromatic ring is 1. The predicted molar refractivity (Wildman–Crippen MR) is 84.6 cm³/mol. The van der Waals surface area contributed by atoms with Gasteiger partial charge in [-0.05, 0) is 36.8 Å². The first kappa shape index (κ1) is 12.5. The second-order valence-corrected chi connectivity index (χ2v) is 4.88. The summed E-state index contributed by atoms with van der Waals surface area (Å²) in [4.78, 5) is 4.45. The van der Waals surface area contributed by atoms with Gasteiger partial charge in [-0.3, -0.25) is 4.98 Å². The van der Waals surface area contributed by atoms with Gasteiger partial charge in [0.1, 0.15) is 0 Å². The maximum atomic E-state index is 6.00. The molecular weight excluding hydrogens is 246 g/mol. The smallest absolute Gasteiger partial charge is 0.0954 e. The third-order valence-corrected chi connectivity index (χ3v) is 3.47. The highest BCUT2D eigenvalue weighted by molar-refractivity contribution is 5.98. The first-order valence-electron chi connectivity index (χ1n) is 6.70. The number of hydrogen-bond donors (Lipinski definition) is 2. The minimum Gasteiger partial charge on any atom is -0.398 e. The van der Waals surface area contributed by atoms with E-state index in [0.717, 1.165) is 22.3 Å². The van der Waals surface area contributed by atoms with Crippen molar-refractivity contribution in [2.24, 2.45) is 0 Å². The van der Waals surface area contributed by atoms with Crippen molar-refractivity contribution in [2.75, 3.05) is 11.1 Å². The Morgan fingerprint density at radius 3 is 2.60 bits per heavy atom. The largest absolute Gasteiger partial charge is 0.398 e. The summed E-state index contributed by atoms with van der Waals surface area (Å²) in [7, 11) is 0. The zero-order chi connectivity index (χ0) is 13.9. The number of rotatable bonds is 3. The number of nitrogens with one attached hydrogen (secondary N) is 1. The van der Waals surface area contributed by atoms with Crippen molar-refractivity contribution in [2.45, 2.75) is 13.0 Å². The molecule has 3 aromatic rings. The molecule has 2 aromatic carbocycles. The number of hydrogen-bond acceptors (Lipinski definition) is 3. The Kier molecular flexibility index (Phi) is 3.25. The molecule has 0 radical (unpaired) electrons. The molecule has 1 atom stereocenters. The Morgan fingerprint density at radius 1 is 1.00 bits per heavy atom. The fourth-order valence-electron chi connectivity index (χ4n) is 2.37. The molecular formula is C17H17N3. The highest BCUT2D eigenvalue weighted by atomic mass is 14.9. The molecule has 0 amide bonds. The van der Waals surface area contributed by atoms with E-state index in [0.29, 0.717) is 0 Å². The predicted octanol–water partition coefficient (Wildman–Crippen LogP) is 3.99. The maximum absolute atomic E-state index is 6.00. The molecule has 3 nitrogen and oxygen atoms in total. The molecule has 0 saturated carbocycles. The van der Waals surface area contributed by atoms with E-state index in [1.54, 1.807) is 6.20 Å². The van der Waals surface area contributed by atoms with Gasteiger partial charge < -0.3 is 11.1 Å². The van der Waals surface area contributed by atoms with Gasteiger partial charge in [-0.2, -0.15) is 0 Å². The summed E-state index contributed by atoms with van der Waals surface area (Å²) in [5, 5.41) is 4.49. The number of nitrogens with zero attached hydrogens (tertiary/aromatic N) is 1. The van der Waals surface area contributed by atoms with E-state index in [9.17, 15) is 0 Å². The summed E-state index contributed by atoms with van der Waals surface area (Å²) in [5.41, 5.74) is 9.92. The van der Waals surface area contributed by atoms with Crippen LogP contribution in [0.2, 0.25) is 0 Å². The van der Waals surface area contributed by atoms with E-state index in [4.69, 9.17) is 5.73 Å². The average molecular weight is 263 g/mol. The highest BCUT2D eigenvalue weighted by Crippen LogP contribution is 2.29. The minimum absolute atomic E-state index is 0.213. The number of aromatic nitrogens is 1. The summed E-state index contributed by atoms with van der Waals surface area (Å²) in [6.07, 6.45) is 1.79. The van der Waals surface area contributed by atoms with Crippen LogP contribution in [0.3, 0.4) is 0 Å². The molecule has 0 saturated heterocycles. The molecule has 0 aliphatic carbocycles. The molecule has 1 heterocycles. The van der Waals surface area contributed by atoms with Crippen LogP contribution >= 0.6 is 0 Å². The zero-order valence-corrected chi connectivity index (χ0v) is 11.4. The second-order valence-electron chi connectivity index (χ2n) is 4.88. The van der Waals surface area contributed by atoms with E-state index in [1.807, 2.05) is 42.5 Å². The lowest BCUT2D eigenvalue weighted by Crippen LogP contribution is -2.07. The van der Waals surface area contributed by atoms with Gasteiger partial charge in [-0.15, -0.1) is 0 Å². The molecule has 0 aliphatic heterocycles. The van der Waals surface area contributed by atoms with Crippen LogP contribution in [0.1, 0.15) is 18.5 Å². The second kappa shape index (κ2) is 5.21. The molecule has 1 aromatic heterocycles. The molecule has 1 unspecified atom stereocenters. The van der Waals surface area contributed by atoms with Crippen LogP contribution in [0, 0.1) is 0 Å². The zero-order valence-electron chi connectivity index (χ0n) is 11.4. The average Bonchev–Trinajstić information content (AvgIpc) is 2.51. The van der Waals surface area contributed by atoms with Crippen LogP contribution in [-0.2, 0) is 0 Å². The van der Waals surface area contributed by atoms with Gasteiger partial charge in [-0.25, -0.2) is 0 Å². The van der Waals surface area contributed by atoms with Gasteiger partial charge in [-0.1, -0.05) is 30.3 Å². The van der Waals surface area contributed by atoms with E-state index in [-0.39, 0.29) is 6.04 Å². The summed E-state index contributed by atoms with van der Waals surface area (Å²) in [6, 6.07) is 18.4. The van der Waals surface area contributed by atoms with Gasteiger partial charge in [0.25, 0.3) is 0 Å². The van der Waals surface area contributed by atoms with Crippen molar-refractivity contribution >= 4 is 22.3 Å². The lowest BCUT2D eigenvalue weighted by Gasteiger charge is -2.17. The summed E-state index contributed by atoms with van der Waals surface area (Å²) >= 11 is 0. The van der Waals surface area contributed by atoms with Gasteiger partial charge in [0, 0.05) is 23.3 Å². The SMILES string of the molecule is CC(Nc1ccc(N)c2cccnc12)c1ccccc1. The lowest BCUT2D eigenvalue weighted by molar-refractivity contribution is 0.886. The Labute approximate surface area is 118 Å². The van der Waals surface area contributed by atoms with Crippen LogP contribution in [0.4, 0.5) is 11.4 Å². The first-order chi connectivity index (χ1) is 9.75. The van der Waals surface area contributed by atoms with Crippen molar-refractivity contribution in [1.29, 1.82) is 0 Å². The number of fused-ring (bicyclic) bond motifs is 1. The third kappa shape index (κ3) is 2.30. The molecule has 0 fully saturated rings. The van der Waals surface area contributed by atoms with Gasteiger partial charge in [0.2, 0.25) is 0 Å². The van der Waals surface area contributed by atoms with Gasteiger partial charge in [0.05, 0.1) is 11.2 Å². The molecule has 20 heavy (non-hydrogen) atoms. The van der Waals surface area contributed by atoms with Gasteiger partial charge >= 0.3 is 0 Å². The number of anilines is 2.